The van der Waals surface area contributed by atoms with Gasteiger partial charge in [0.2, 0.25) is 5.91 Å². The van der Waals surface area contributed by atoms with Gasteiger partial charge in [0.05, 0.1) is 31.2 Å². The van der Waals surface area contributed by atoms with Crippen molar-refractivity contribution in [2.75, 3.05) is 24.0 Å². The summed E-state index contributed by atoms with van der Waals surface area (Å²) < 4.78 is 51.5. The molecule has 0 spiro atoms. The molecule has 44 heavy (non-hydrogen) atoms. The van der Waals surface area contributed by atoms with E-state index < -0.39 is 17.8 Å². The molecule has 2 atom stereocenters. The largest absolute Gasteiger partial charge is 0.493 e. The Bertz CT molecular complexity index is 1620. The number of rotatable bonds is 9. The molecule has 0 N–H and O–H groups in total. The van der Waals surface area contributed by atoms with Gasteiger partial charge in [-0.05, 0) is 96.3 Å². The zero-order valence-electron chi connectivity index (χ0n) is 25.0. The second-order valence-electron chi connectivity index (χ2n) is 11.0. The fraction of sp³-hybridized carbons (Fsp3) is 0.286. The molecule has 5 rings (SSSR count). The van der Waals surface area contributed by atoms with Crippen molar-refractivity contribution < 1.29 is 27.4 Å². The fourth-order valence-corrected chi connectivity index (χ4v) is 5.58. The highest BCUT2D eigenvalue weighted by atomic mass is 35.5. The Labute approximate surface area is 260 Å². The molecule has 2 unspecified atom stereocenters. The van der Waals surface area contributed by atoms with E-state index in [1.165, 1.54) is 12.1 Å². The maximum atomic E-state index is 13.8. The Morgan fingerprint density at radius 3 is 2.34 bits per heavy atom. The third-order valence-corrected chi connectivity index (χ3v) is 8.17. The monoisotopic (exact) mass is 622 g/mol. The number of amides is 1. The van der Waals surface area contributed by atoms with Crippen LogP contribution < -0.4 is 19.3 Å². The summed E-state index contributed by atoms with van der Waals surface area (Å²) in [6, 6.07) is 23.6. The van der Waals surface area contributed by atoms with Crippen molar-refractivity contribution in [2.45, 2.75) is 51.6 Å². The number of methoxy groups -OCH3 is 1. The summed E-state index contributed by atoms with van der Waals surface area (Å²) in [4.78, 5) is 17.5. The van der Waals surface area contributed by atoms with Gasteiger partial charge in [0, 0.05) is 30.0 Å². The second-order valence-corrected chi connectivity index (χ2v) is 11.4. The van der Waals surface area contributed by atoms with E-state index in [4.69, 9.17) is 21.1 Å². The Hall–Kier alpha value is -4.17. The standard InChI is InChI=1S/C35H34ClF3N2O3/c1-5-22(2)44-32-20-30-25(18-31(32)43-4)19-33(42)41(34(30)24-9-11-27(36)12-10-24)29-15-13-28(14-16-29)40(3)21-23-7-6-8-26(17-23)35(37,38)39/h6-18,20,22,34H,5,19,21H2,1-4H3. The minimum absolute atomic E-state index is 0.0299. The van der Waals surface area contributed by atoms with Gasteiger partial charge in [-0.3, -0.25) is 4.79 Å². The van der Waals surface area contributed by atoms with Crippen LogP contribution in [0.3, 0.4) is 0 Å². The Morgan fingerprint density at radius 1 is 1.00 bits per heavy atom. The molecule has 0 aliphatic carbocycles. The minimum atomic E-state index is -4.40. The molecule has 4 aromatic carbocycles. The third kappa shape index (κ3) is 6.65. The lowest BCUT2D eigenvalue weighted by atomic mass is 9.86. The highest BCUT2D eigenvalue weighted by molar-refractivity contribution is 6.30. The van der Waals surface area contributed by atoms with Crippen LogP contribution in [0.15, 0.2) is 84.9 Å². The van der Waals surface area contributed by atoms with E-state index >= 15 is 0 Å². The predicted octanol–water partition coefficient (Wildman–Crippen LogP) is 8.86. The summed E-state index contributed by atoms with van der Waals surface area (Å²) in [6.45, 7) is 4.33. The average Bonchev–Trinajstić information content (AvgIpc) is 3.00. The van der Waals surface area contributed by atoms with Gasteiger partial charge < -0.3 is 19.3 Å². The van der Waals surface area contributed by atoms with Gasteiger partial charge in [-0.2, -0.15) is 13.2 Å². The van der Waals surface area contributed by atoms with Crippen molar-refractivity contribution in [1.29, 1.82) is 0 Å². The fourth-order valence-electron chi connectivity index (χ4n) is 5.45. The second kappa shape index (κ2) is 12.8. The summed E-state index contributed by atoms with van der Waals surface area (Å²) in [5, 5.41) is 0.589. The van der Waals surface area contributed by atoms with Gasteiger partial charge in [-0.25, -0.2) is 0 Å². The normalized spacial score (nSPS) is 15.5. The first kappa shape index (κ1) is 31.3. The molecule has 0 aromatic heterocycles. The molecule has 1 aliphatic heterocycles. The molecule has 0 fully saturated rings. The van der Waals surface area contributed by atoms with Crippen LogP contribution in [-0.4, -0.2) is 26.2 Å². The SMILES string of the molecule is CCC(C)Oc1cc2c(cc1OC)CC(=O)N(c1ccc(N(C)Cc3cccc(C(F)(F)F)c3)cc1)C2c1ccc(Cl)cc1. The molecule has 0 radical (unpaired) electrons. The summed E-state index contributed by atoms with van der Waals surface area (Å²) >= 11 is 6.23. The topological polar surface area (TPSA) is 42.0 Å². The van der Waals surface area contributed by atoms with Gasteiger partial charge in [-0.1, -0.05) is 42.8 Å². The first-order chi connectivity index (χ1) is 21.0. The van der Waals surface area contributed by atoms with Crippen LogP contribution in [0, 0.1) is 0 Å². The van der Waals surface area contributed by atoms with Crippen molar-refractivity contribution in [2.24, 2.45) is 0 Å². The Morgan fingerprint density at radius 2 is 1.70 bits per heavy atom. The lowest BCUT2D eigenvalue weighted by Gasteiger charge is -2.38. The number of carbonyl (C=O) groups excluding carboxylic acids is 1. The van der Waals surface area contributed by atoms with Crippen LogP contribution in [0.4, 0.5) is 24.5 Å². The molecular weight excluding hydrogens is 589 g/mol. The van der Waals surface area contributed by atoms with Crippen LogP contribution in [-0.2, 0) is 23.9 Å². The average molecular weight is 623 g/mol. The molecule has 5 nitrogen and oxygen atoms in total. The molecule has 1 aliphatic rings. The van der Waals surface area contributed by atoms with Crippen LogP contribution >= 0.6 is 11.6 Å². The zero-order valence-corrected chi connectivity index (χ0v) is 25.7. The number of hydrogen-bond acceptors (Lipinski definition) is 4. The number of nitrogens with zero attached hydrogens (tertiary/aromatic N) is 2. The lowest BCUT2D eigenvalue weighted by Crippen LogP contribution is -2.41. The van der Waals surface area contributed by atoms with Crippen LogP contribution in [0.2, 0.25) is 5.02 Å². The van der Waals surface area contributed by atoms with Crippen molar-refractivity contribution >= 4 is 28.9 Å². The third-order valence-electron chi connectivity index (χ3n) is 7.92. The number of halogens is 4. The number of benzene rings is 4. The van der Waals surface area contributed by atoms with Crippen LogP contribution in [0.5, 0.6) is 11.5 Å². The molecule has 230 valence electrons. The molecule has 9 heteroatoms. The molecule has 0 saturated carbocycles. The first-order valence-electron chi connectivity index (χ1n) is 14.4. The number of anilines is 2. The van der Waals surface area contributed by atoms with E-state index in [-0.39, 0.29) is 25.0 Å². The summed E-state index contributed by atoms with van der Waals surface area (Å²) in [5.41, 5.74) is 4.03. The van der Waals surface area contributed by atoms with E-state index in [1.54, 1.807) is 30.2 Å². The highest BCUT2D eigenvalue weighted by Gasteiger charge is 2.36. The maximum Gasteiger partial charge on any atom is 0.416 e. The summed E-state index contributed by atoms with van der Waals surface area (Å²) in [5.74, 6) is 1.11. The Balaban J connectivity index is 1.50. The number of fused-ring (bicyclic) bond motifs is 1. The van der Waals surface area contributed by atoms with Crippen molar-refractivity contribution in [3.63, 3.8) is 0 Å². The quantitative estimate of drug-likeness (QED) is 0.187. The van der Waals surface area contributed by atoms with Gasteiger partial charge >= 0.3 is 6.18 Å². The molecular formula is C35H34ClF3N2O3. The van der Waals surface area contributed by atoms with Gasteiger partial charge in [-0.15, -0.1) is 0 Å². The predicted molar refractivity (Wildman–Crippen MR) is 168 cm³/mol. The minimum Gasteiger partial charge on any atom is -0.493 e. The van der Waals surface area contributed by atoms with Gasteiger partial charge in [0.25, 0.3) is 0 Å². The molecule has 1 amide bonds. The summed E-state index contributed by atoms with van der Waals surface area (Å²) in [6.07, 6.45) is -3.43. The number of carbonyl (C=O) groups is 1. The van der Waals surface area contributed by atoms with E-state index in [0.29, 0.717) is 27.8 Å². The van der Waals surface area contributed by atoms with Crippen molar-refractivity contribution in [3.05, 3.63) is 118 Å². The molecule has 1 heterocycles. The van der Waals surface area contributed by atoms with E-state index in [2.05, 4.69) is 0 Å². The Kier molecular flexibility index (Phi) is 9.11. The number of alkyl halides is 3. The number of ether oxygens (including phenoxy) is 2. The zero-order chi connectivity index (χ0) is 31.6. The van der Waals surface area contributed by atoms with Crippen molar-refractivity contribution in [1.82, 2.24) is 0 Å². The van der Waals surface area contributed by atoms with E-state index in [1.807, 2.05) is 74.3 Å². The van der Waals surface area contributed by atoms with Crippen LogP contribution in [0.25, 0.3) is 0 Å². The molecule has 0 saturated heterocycles. The van der Waals surface area contributed by atoms with Gasteiger partial charge in [0.1, 0.15) is 0 Å². The molecule has 0 bridgehead atoms. The van der Waals surface area contributed by atoms with Crippen molar-refractivity contribution in [3.8, 4) is 11.5 Å². The van der Waals surface area contributed by atoms with Crippen LogP contribution in [0.1, 0.15) is 54.1 Å². The maximum absolute atomic E-state index is 13.8. The lowest BCUT2D eigenvalue weighted by molar-refractivity contribution is -0.137. The highest BCUT2D eigenvalue weighted by Crippen LogP contribution is 2.44. The van der Waals surface area contributed by atoms with E-state index in [0.717, 1.165) is 34.9 Å². The first-order valence-corrected chi connectivity index (χ1v) is 14.8. The van der Waals surface area contributed by atoms with Gasteiger partial charge in [0.15, 0.2) is 11.5 Å². The van der Waals surface area contributed by atoms with E-state index in [9.17, 15) is 18.0 Å². The number of hydrogen-bond donors (Lipinski definition) is 0. The smallest absolute Gasteiger partial charge is 0.416 e. The summed E-state index contributed by atoms with van der Waals surface area (Å²) in [7, 11) is 3.41. The molecule has 4 aromatic rings.